The highest BCUT2D eigenvalue weighted by Crippen LogP contribution is 2.09. The Morgan fingerprint density at radius 3 is 2.21 bits per heavy atom. The van der Waals surface area contributed by atoms with E-state index in [-0.39, 0.29) is 5.60 Å². The highest BCUT2D eigenvalue weighted by molar-refractivity contribution is 6.35. The predicted molar refractivity (Wildman–Crippen MR) is 65.2 cm³/mol. The van der Waals surface area contributed by atoms with Gasteiger partial charge in [0.2, 0.25) is 0 Å². The Morgan fingerprint density at radius 1 is 1.00 bits per heavy atom. The van der Waals surface area contributed by atoms with Crippen LogP contribution in [0, 0.1) is 0 Å². The van der Waals surface area contributed by atoms with Gasteiger partial charge in [0, 0.05) is 16.1 Å². The Morgan fingerprint density at radius 2 is 1.64 bits per heavy atom. The van der Waals surface area contributed by atoms with E-state index in [1.807, 2.05) is 0 Å². The summed E-state index contributed by atoms with van der Waals surface area (Å²) in [5.74, 6) is 0. The minimum Gasteiger partial charge on any atom is -0.376 e. The van der Waals surface area contributed by atoms with Gasteiger partial charge in [0.25, 0.3) is 0 Å². The Balaban J connectivity index is 2.99. The van der Waals surface area contributed by atoms with E-state index in [4.69, 9.17) is 4.74 Å². The van der Waals surface area contributed by atoms with E-state index < -0.39 is 0 Å². The Hall–Kier alpha value is 0.177. The topological polar surface area (TPSA) is 9.23 Å². The van der Waals surface area contributed by atoms with E-state index >= 15 is 0 Å². The molecule has 0 fully saturated rings. The fraction of sp³-hybridized carbons (Fsp3) is 1.00. The minimum absolute atomic E-state index is 0.0452. The first kappa shape index (κ1) is 14.2. The van der Waals surface area contributed by atoms with Crippen LogP contribution in [0.3, 0.4) is 0 Å². The zero-order valence-corrected chi connectivity index (χ0v) is 11.4. The quantitative estimate of drug-likeness (QED) is 0.439. The summed E-state index contributed by atoms with van der Waals surface area (Å²) in [6.07, 6.45) is 5.37. The lowest BCUT2D eigenvalue weighted by Gasteiger charge is -2.19. The molecule has 84 valence electrons. The van der Waals surface area contributed by atoms with Crippen LogP contribution in [0.15, 0.2) is 0 Å². The standard InChI is InChI=1S/C12H26OSi/c1-5-14-11-9-7-6-8-10-13-12(2,3)4/h5-11H2,1-4H3. The molecule has 0 bridgehead atoms. The predicted octanol–water partition coefficient (Wildman–Crippen LogP) is 3.92. The minimum atomic E-state index is 0.0452. The molecule has 0 amide bonds. The first-order chi connectivity index (χ1) is 6.56. The number of unbranched alkanes of at least 4 members (excludes halogenated alkanes) is 3. The second kappa shape index (κ2) is 8.48. The van der Waals surface area contributed by atoms with Crippen LogP contribution in [0.25, 0.3) is 0 Å². The van der Waals surface area contributed by atoms with Gasteiger partial charge in [-0.3, -0.25) is 0 Å². The van der Waals surface area contributed by atoms with E-state index in [2.05, 4.69) is 27.7 Å². The van der Waals surface area contributed by atoms with E-state index in [0.717, 1.165) is 6.61 Å². The summed E-state index contributed by atoms with van der Waals surface area (Å²) < 4.78 is 5.66. The fourth-order valence-corrected chi connectivity index (χ4v) is 2.11. The third-order valence-electron chi connectivity index (χ3n) is 2.03. The van der Waals surface area contributed by atoms with E-state index in [0.29, 0.717) is 0 Å². The van der Waals surface area contributed by atoms with Crippen molar-refractivity contribution >= 4 is 9.52 Å². The van der Waals surface area contributed by atoms with Crippen molar-refractivity contribution in [1.82, 2.24) is 0 Å². The van der Waals surface area contributed by atoms with E-state index in [1.165, 1.54) is 47.3 Å². The van der Waals surface area contributed by atoms with Gasteiger partial charge in [-0.15, -0.1) is 0 Å². The average molecular weight is 214 g/mol. The van der Waals surface area contributed by atoms with E-state index in [9.17, 15) is 0 Å². The van der Waals surface area contributed by atoms with Gasteiger partial charge in [-0.05, 0) is 27.2 Å². The molecule has 0 spiro atoms. The van der Waals surface area contributed by atoms with Crippen molar-refractivity contribution in [3.8, 4) is 0 Å². The molecule has 0 saturated carbocycles. The van der Waals surface area contributed by atoms with Crippen molar-refractivity contribution in [3.05, 3.63) is 0 Å². The Kier molecular flexibility index (Phi) is 8.59. The van der Waals surface area contributed by atoms with Gasteiger partial charge in [0.1, 0.15) is 0 Å². The van der Waals surface area contributed by atoms with Crippen LogP contribution in [0.4, 0.5) is 0 Å². The molecule has 0 aromatic heterocycles. The fourth-order valence-electron chi connectivity index (χ4n) is 1.26. The van der Waals surface area contributed by atoms with Crippen molar-refractivity contribution in [2.24, 2.45) is 0 Å². The number of hydrogen-bond acceptors (Lipinski definition) is 1. The molecule has 0 aromatic carbocycles. The van der Waals surface area contributed by atoms with Gasteiger partial charge in [-0.2, -0.15) is 0 Å². The lowest BCUT2D eigenvalue weighted by Crippen LogP contribution is -2.19. The second-order valence-corrected chi connectivity index (χ2v) is 6.44. The monoisotopic (exact) mass is 214 g/mol. The molecule has 0 aromatic rings. The summed E-state index contributed by atoms with van der Waals surface area (Å²) in [6, 6.07) is 2.81. The lowest BCUT2D eigenvalue weighted by atomic mass is 10.2. The number of hydrogen-bond donors (Lipinski definition) is 0. The molecule has 2 heteroatoms. The molecule has 0 saturated heterocycles. The molecule has 0 rings (SSSR count). The van der Waals surface area contributed by atoms with Crippen LogP contribution >= 0.6 is 0 Å². The van der Waals surface area contributed by atoms with Gasteiger partial charge in [0.05, 0.1) is 5.60 Å². The van der Waals surface area contributed by atoms with E-state index in [1.54, 1.807) is 0 Å². The van der Waals surface area contributed by atoms with Gasteiger partial charge in [-0.1, -0.05) is 38.3 Å². The van der Waals surface area contributed by atoms with Crippen molar-refractivity contribution in [2.75, 3.05) is 6.61 Å². The van der Waals surface area contributed by atoms with Crippen LogP contribution in [0.2, 0.25) is 12.1 Å². The maximum atomic E-state index is 5.66. The molecule has 0 heterocycles. The number of rotatable bonds is 8. The first-order valence-electron chi connectivity index (χ1n) is 5.91. The maximum absolute atomic E-state index is 5.66. The van der Waals surface area contributed by atoms with Crippen molar-refractivity contribution in [1.29, 1.82) is 0 Å². The third kappa shape index (κ3) is 12.2. The molecule has 0 aliphatic carbocycles. The van der Waals surface area contributed by atoms with Gasteiger partial charge < -0.3 is 4.74 Å². The summed E-state index contributed by atoms with van der Waals surface area (Å²) in [5, 5.41) is 0. The Labute approximate surface area is 92.4 Å². The summed E-state index contributed by atoms with van der Waals surface area (Å²) in [4.78, 5) is 0. The summed E-state index contributed by atoms with van der Waals surface area (Å²) in [7, 11) is 1.19. The molecule has 0 aliphatic rings. The first-order valence-corrected chi connectivity index (χ1v) is 7.32. The summed E-state index contributed by atoms with van der Waals surface area (Å²) in [5.41, 5.74) is 0.0452. The van der Waals surface area contributed by atoms with Crippen molar-refractivity contribution in [3.63, 3.8) is 0 Å². The normalized spacial score (nSPS) is 12.0. The van der Waals surface area contributed by atoms with Crippen LogP contribution in [0.1, 0.15) is 53.4 Å². The zero-order valence-electron chi connectivity index (χ0n) is 10.4. The summed E-state index contributed by atoms with van der Waals surface area (Å²) in [6.45, 7) is 9.56. The highest BCUT2D eigenvalue weighted by atomic mass is 28.2. The van der Waals surface area contributed by atoms with Crippen LogP contribution in [0.5, 0.6) is 0 Å². The molecule has 0 atom stereocenters. The molecular weight excluding hydrogens is 188 g/mol. The summed E-state index contributed by atoms with van der Waals surface area (Å²) >= 11 is 0. The molecule has 0 N–H and O–H groups in total. The van der Waals surface area contributed by atoms with Gasteiger partial charge in [0.15, 0.2) is 0 Å². The SMILES string of the molecule is CC[Si]CCCCCCOC(C)(C)C. The van der Waals surface area contributed by atoms with Crippen LogP contribution < -0.4 is 0 Å². The van der Waals surface area contributed by atoms with Gasteiger partial charge >= 0.3 is 0 Å². The molecule has 0 unspecified atom stereocenters. The largest absolute Gasteiger partial charge is 0.376 e. The maximum Gasteiger partial charge on any atom is 0.0598 e. The zero-order chi connectivity index (χ0) is 10.9. The van der Waals surface area contributed by atoms with Gasteiger partial charge in [-0.25, -0.2) is 0 Å². The third-order valence-corrected chi connectivity index (χ3v) is 3.24. The van der Waals surface area contributed by atoms with Crippen molar-refractivity contribution in [2.45, 2.75) is 71.1 Å². The lowest BCUT2D eigenvalue weighted by molar-refractivity contribution is -0.00471. The highest BCUT2D eigenvalue weighted by Gasteiger charge is 2.08. The average Bonchev–Trinajstić information content (AvgIpc) is 2.08. The smallest absolute Gasteiger partial charge is 0.0598 e. The number of ether oxygens (including phenoxy) is 1. The molecular formula is C12H26OSi. The molecule has 0 aliphatic heterocycles. The molecule has 1 nitrogen and oxygen atoms in total. The van der Waals surface area contributed by atoms with Crippen molar-refractivity contribution < 1.29 is 4.74 Å². The Bertz CT molecular complexity index is 118. The van der Waals surface area contributed by atoms with Crippen LogP contribution in [-0.2, 0) is 4.74 Å². The van der Waals surface area contributed by atoms with Crippen LogP contribution in [-0.4, -0.2) is 21.7 Å². The molecule has 2 radical (unpaired) electrons. The second-order valence-electron chi connectivity index (χ2n) is 4.73. The molecule has 14 heavy (non-hydrogen) atoms.